The first-order chi connectivity index (χ1) is 10.9. The molecule has 0 bridgehead atoms. The van der Waals surface area contributed by atoms with Crippen LogP contribution in [0.2, 0.25) is 0 Å². The fraction of sp³-hybridized carbons (Fsp3) is 0.316. The Kier molecular flexibility index (Phi) is 5.83. The van der Waals surface area contributed by atoms with Crippen LogP contribution in [0.3, 0.4) is 0 Å². The van der Waals surface area contributed by atoms with Crippen LogP contribution in [0.25, 0.3) is 0 Å². The van der Waals surface area contributed by atoms with Gasteiger partial charge in [0.25, 0.3) is 0 Å². The molecule has 0 saturated heterocycles. The maximum absolute atomic E-state index is 12.1. The number of ether oxygens (including phenoxy) is 2. The lowest BCUT2D eigenvalue weighted by Gasteiger charge is -2.14. The molecule has 0 atom stereocenters. The first kappa shape index (κ1) is 17.5. The second-order valence-corrected chi connectivity index (χ2v) is 6.78. The molecular weight excluding hydrogens is 356 g/mol. The molecule has 4 heteroatoms. The highest BCUT2D eigenvalue weighted by Crippen LogP contribution is 2.29. The number of esters is 1. The summed E-state index contributed by atoms with van der Waals surface area (Å²) in [5.41, 5.74) is 3.15. The average Bonchev–Trinajstić information content (AvgIpc) is 2.48. The van der Waals surface area contributed by atoms with E-state index in [1.54, 1.807) is 6.07 Å². The summed E-state index contributed by atoms with van der Waals surface area (Å²) in [6.07, 6.45) is 0. The van der Waals surface area contributed by atoms with E-state index < -0.39 is 5.97 Å². The van der Waals surface area contributed by atoms with Crippen LogP contribution in [-0.4, -0.2) is 12.6 Å². The minimum atomic E-state index is -0.408. The van der Waals surface area contributed by atoms with Gasteiger partial charge in [0.05, 0.1) is 0 Å². The molecule has 0 fully saturated rings. The zero-order chi connectivity index (χ0) is 17.0. The molecule has 0 aromatic heterocycles. The van der Waals surface area contributed by atoms with Crippen LogP contribution in [0.15, 0.2) is 40.9 Å². The van der Waals surface area contributed by atoms with Gasteiger partial charge in [0, 0.05) is 4.47 Å². The molecular formula is C19H21BrO3. The van der Waals surface area contributed by atoms with Gasteiger partial charge in [-0.3, -0.25) is 0 Å². The topological polar surface area (TPSA) is 35.5 Å². The number of benzene rings is 2. The zero-order valence-corrected chi connectivity index (χ0v) is 15.4. The summed E-state index contributed by atoms with van der Waals surface area (Å²) in [7, 11) is 0. The molecule has 0 radical (unpaired) electrons. The van der Waals surface area contributed by atoms with Crippen molar-refractivity contribution in [3.05, 3.63) is 57.6 Å². The minimum absolute atomic E-state index is 0.114. The zero-order valence-electron chi connectivity index (χ0n) is 13.9. The first-order valence-electron chi connectivity index (χ1n) is 7.57. The third kappa shape index (κ3) is 4.83. The van der Waals surface area contributed by atoms with E-state index in [0.29, 0.717) is 11.5 Å². The third-order valence-corrected chi connectivity index (χ3v) is 3.99. The molecule has 23 heavy (non-hydrogen) atoms. The fourth-order valence-corrected chi connectivity index (χ4v) is 2.69. The average molecular weight is 377 g/mol. The molecule has 0 unspecified atom stereocenters. The van der Waals surface area contributed by atoms with Crippen LogP contribution in [0.4, 0.5) is 0 Å². The Balaban J connectivity index is 2.03. The Hall–Kier alpha value is -1.81. The normalized spacial score (nSPS) is 10.7. The molecule has 2 aromatic carbocycles. The standard InChI is InChI=1S/C19H21BrO3/c1-12(2)16-10-15(20)6-8-18(16)23-19(21)11-22-17-7-5-13(3)9-14(17)4/h5-10,12H,11H2,1-4H3. The molecule has 0 aliphatic rings. The Morgan fingerprint density at radius 1 is 1.09 bits per heavy atom. The van der Waals surface area contributed by atoms with Crippen LogP contribution in [0.5, 0.6) is 11.5 Å². The van der Waals surface area contributed by atoms with Crippen molar-refractivity contribution in [2.45, 2.75) is 33.6 Å². The summed E-state index contributed by atoms with van der Waals surface area (Å²) in [6.45, 7) is 7.99. The number of hydrogen-bond acceptors (Lipinski definition) is 3. The summed E-state index contributed by atoms with van der Waals surface area (Å²) >= 11 is 3.44. The van der Waals surface area contributed by atoms with Crippen LogP contribution in [0.1, 0.15) is 36.5 Å². The highest BCUT2D eigenvalue weighted by molar-refractivity contribution is 9.10. The smallest absolute Gasteiger partial charge is 0.349 e. The molecule has 0 saturated carbocycles. The monoisotopic (exact) mass is 376 g/mol. The molecule has 0 N–H and O–H groups in total. The number of aryl methyl sites for hydroxylation is 2. The van der Waals surface area contributed by atoms with Crippen LogP contribution >= 0.6 is 15.9 Å². The van der Waals surface area contributed by atoms with Gasteiger partial charge in [0.2, 0.25) is 0 Å². The van der Waals surface area contributed by atoms with Gasteiger partial charge in [-0.05, 0) is 55.2 Å². The molecule has 3 nitrogen and oxygen atoms in total. The maximum Gasteiger partial charge on any atom is 0.349 e. The predicted octanol–water partition coefficient (Wildman–Crippen LogP) is 5.17. The Morgan fingerprint density at radius 3 is 2.43 bits per heavy atom. The molecule has 122 valence electrons. The molecule has 0 aliphatic carbocycles. The maximum atomic E-state index is 12.1. The summed E-state index contributed by atoms with van der Waals surface area (Å²) < 4.78 is 12.0. The highest BCUT2D eigenvalue weighted by atomic mass is 79.9. The van der Waals surface area contributed by atoms with Gasteiger partial charge in [0.15, 0.2) is 6.61 Å². The molecule has 0 amide bonds. The van der Waals surface area contributed by atoms with Gasteiger partial charge in [0.1, 0.15) is 11.5 Å². The van der Waals surface area contributed by atoms with Gasteiger partial charge in [-0.2, -0.15) is 0 Å². The van der Waals surface area contributed by atoms with Crippen molar-refractivity contribution < 1.29 is 14.3 Å². The SMILES string of the molecule is Cc1ccc(OCC(=O)Oc2ccc(Br)cc2C(C)C)c(C)c1. The van der Waals surface area contributed by atoms with Crippen molar-refractivity contribution in [2.24, 2.45) is 0 Å². The lowest BCUT2D eigenvalue weighted by Crippen LogP contribution is -2.18. The quantitative estimate of drug-likeness (QED) is 0.533. The molecule has 0 aliphatic heterocycles. The second-order valence-electron chi connectivity index (χ2n) is 5.87. The first-order valence-corrected chi connectivity index (χ1v) is 8.36. The van der Waals surface area contributed by atoms with E-state index in [1.165, 1.54) is 0 Å². The number of halogens is 1. The van der Waals surface area contributed by atoms with Crippen molar-refractivity contribution in [3.63, 3.8) is 0 Å². The van der Waals surface area contributed by atoms with Crippen LogP contribution in [0, 0.1) is 13.8 Å². The number of carbonyl (C=O) groups is 1. The van der Waals surface area contributed by atoms with Crippen molar-refractivity contribution in [3.8, 4) is 11.5 Å². The van der Waals surface area contributed by atoms with E-state index in [2.05, 4.69) is 29.8 Å². The van der Waals surface area contributed by atoms with Crippen molar-refractivity contribution in [2.75, 3.05) is 6.61 Å². The summed E-state index contributed by atoms with van der Waals surface area (Å²) in [6, 6.07) is 11.5. The van der Waals surface area contributed by atoms with Crippen molar-refractivity contribution in [1.82, 2.24) is 0 Å². The van der Waals surface area contributed by atoms with E-state index in [0.717, 1.165) is 21.2 Å². The molecule has 0 heterocycles. The molecule has 2 aromatic rings. The summed E-state index contributed by atoms with van der Waals surface area (Å²) in [5.74, 6) is 1.13. The lowest BCUT2D eigenvalue weighted by molar-refractivity contribution is -0.136. The van der Waals surface area contributed by atoms with Gasteiger partial charge < -0.3 is 9.47 Å². The van der Waals surface area contributed by atoms with Crippen LogP contribution < -0.4 is 9.47 Å². The van der Waals surface area contributed by atoms with Gasteiger partial charge in [-0.1, -0.05) is 47.5 Å². The van der Waals surface area contributed by atoms with Crippen molar-refractivity contribution in [1.29, 1.82) is 0 Å². The van der Waals surface area contributed by atoms with E-state index in [1.807, 2.05) is 44.2 Å². The number of hydrogen-bond donors (Lipinski definition) is 0. The number of rotatable bonds is 5. The summed E-state index contributed by atoms with van der Waals surface area (Å²) in [5, 5.41) is 0. The van der Waals surface area contributed by atoms with Crippen molar-refractivity contribution >= 4 is 21.9 Å². The second kappa shape index (κ2) is 7.64. The van der Waals surface area contributed by atoms with Gasteiger partial charge in [-0.15, -0.1) is 0 Å². The third-order valence-electron chi connectivity index (χ3n) is 3.49. The fourth-order valence-electron chi connectivity index (χ4n) is 2.31. The Morgan fingerprint density at radius 2 is 1.78 bits per heavy atom. The van der Waals surface area contributed by atoms with Gasteiger partial charge in [-0.25, -0.2) is 4.79 Å². The minimum Gasteiger partial charge on any atom is -0.482 e. The van der Waals surface area contributed by atoms with E-state index in [9.17, 15) is 4.79 Å². The highest BCUT2D eigenvalue weighted by Gasteiger charge is 2.13. The van der Waals surface area contributed by atoms with Gasteiger partial charge >= 0.3 is 5.97 Å². The van der Waals surface area contributed by atoms with E-state index >= 15 is 0 Å². The van der Waals surface area contributed by atoms with E-state index in [4.69, 9.17) is 9.47 Å². The van der Waals surface area contributed by atoms with Crippen LogP contribution in [-0.2, 0) is 4.79 Å². The lowest BCUT2D eigenvalue weighted by atomic mass is 10.0. The molecule has 2 rings (SSSR count). The predicted molar refractivity (Wildman–Crippen MR) is 95.3 cm³/mol. The van der Waals surface area contributed by atoms with E-state index in [-0.39, 0.29) is 12.5 Å². The Labute approximate surface area is 145 Å². The summed E-state index contributed by atoms with van der Waals surface area (Å²) in [4.78, 5) is 12.1. The molecule has 0 spiro atoms. The number of carbonyl (C=O) groups excluding carboxylic acids is 1. The largest absolute Gasteiger partial charge is 0.482 e. The Bertz CT molecular complexity index is 708.